The molecule has 4 rings (SSSR count). The molecule has 0 N–H and O–H groups in total. The number of pyridine rings is 1. The topological polar surface area (TPSA) is 26.5 Å². The van der Waals surface area contributed by atoms with Crippen LogP contribution in [-0.4, -0.2) is 9.38 Å². The second-order valence-corrected chi connectivity index (χ2v) is 5.85. The fourth-order valence-corrected chi connectivity index (χ4v) is 2.98. The second-order valence-electron chi connectivity index (χ2n) is 5.85. The van der Waals surface area contributed by atoms with Crippen LogP contribution in [0, 0.1) is 6.92 Å². The fourth-order valence-electron chi connectivity index (χ4n) is 2.98. The van der Waals surface area contributed by atoms with Crippen LogP contribution in [0.2, 0.25) is 0 Å². The first-order chi connectivity index (χ1) is 9.56. The molecule has 3 aromatic rings. The third-order valence-electron chi connectivity index (χ3n) is 3.86. The number of hydrogen-bond donors (Lipinski definition) is 0. The quantitative estimate of drug-likeness (QED) is 0.615. The van der Waals surface area contributed by atoms with Gasteiger partial charge in [-0.15, -0.1) is 0 Å². The summed E-state index contributed by atoms with van der Waals surface area (Å²) in [6.07, 6.45) is 2.08. The average molecular weight is 264 g/mol. The van der Waals surface area contributed by atoms with Crippen molar-refractivity contribution in [1.82, 2.24) is 9.38 Å². The first-order valence-electron chi connectivity index (χ1n) is 6.84. The van der Waals surface area contributed by atoms with E-state index in [0.29, 0.717) is 0 Å². The van der Waals surface area contributed by atoms with Crippen molar-refractivity contribution >= 4 is 5.65 Å². The van der Waals surface area contributed by atoms with Crippen molar-refractivity contribution in [1.29, 1.82) is 0 Å². The zero-order valence-corrected chi connectivity index (χ0v) is 11.8. The summed E-state index contributed by atoms with van der Waals surface area (Å²) in [5, 5.41) is 0. The molecule has 3 heteroatoms. The highest BCUT2D eigenvalue weighted by atomic mass is 16.5. The molecule has 0 saturated heterocycles. The molecular formula is C17H16N2O. The Morgan fingerprint density at radius 3 is 2.80 bits per heavy atom. The highest BCUT2D eigenvalue weighted by Gasteiger charge is 2.36. The Hall–Kier alpha value is -2.29. The van der Waals surface area contributed by atoms with E-state index in [4.69, 9.17) is 9.72 Å². The Morgan fingerprint density at radius 1 is 1.15 bits per heavy atom. The van der Waals surface area contributed by atoms with Crippen molar-refractivity contribution in [3.05, 3.63) is 53.9 Å². The zero-order valence-electron chi connectivity index (χ0n) is 11.8. The van der Waals surface area contributed by atoms with E-state index in [1.165, 1.54) is 5.56 Å². The van der Waals surface area contributed by atoms with Crippen LogP contribution >= 0.6 is 0 Å². The van der Waals surface area contributed by atoms with E-state index in [1.54, 1.807) is 0 Å². The lowest BCUT2D eigenvalue weighted by molar-refractivity contribution is 0.0996. The van der Waals surface area contributed by atoms with Crippen LogP contribution in [0.15, 0.2) is 42.6 Å². The Morgan fingerprint density at radius 2 is 1.95 bits per heavy atom. The maximum absolute atomic E-state index is 6.18. The minimum atomic E-state index is -0.391. The second kappa shape index (κ2) is 3.63. The van der Waals surface area contributed by atoms with Crippen molar-refractivity contribution in [2.24, 2.45) is 0 Å². The molecule has 100 valence electrons. The third-order valence-corrected chi connectivity index (χ3v) is 3.86. The molecule has 0 saturated carbocycles. The van der Waals surface area contributed by atoms with Gasteiger partial charge in [-0.25, -0.2) is 4.98 Å². The largest absolute Gasteiger partial charge is 0.481 e. The Bertz CT molecular complexity index is 830. The molecule has 1 aromatic carbocycles. The summed E-state index contributed by atoms with van der Waals surface area (Å²) in [4.78, 5) is 4.83. The van der Waals surface area contributed by atoms with Crippen LogP contribution in [0.3, 0.4) is 0 Å². The van der Waals surface area contributed by atoms with Gasteiger partial charge in [0.05, 0.1) is 5.69 Å². The first-order valence-corrected chi connectivity index (χ1v) is 6.84. The van der Waals surface area contributed by atoms with E-state index in [-0.39, 0.29) is 0 Å². The van der Waals surface area contributed by atoms with Gasteiger partial charge in [-0.05, 0) is 50.6 Å². The van der Waals surface area contributed by atoms with Gasteiger partial charge in [-0.3, -0.25) is 4.40 Å². The predicted octanol–water partition coefficient (Wildman–Crippen LogP) is 3.94. The van der Waals surface area contributed by atoms with Crippen LogP contribution in [-0.2, 0) is 5.60 Å². The summed E-state index contributed by atoms with van der Waals surface area (Å²) in [6, 6.07) is 12.3. The summed E-state index contributed by atoms with van der Waals surface area (Å²) >= 11 is 0. The number of aryl methyl sites for hydroxylation is 1. The lowest BCUT2D eigenvalue weighted by atomic mass is 9.95. The summed E-state index contributed by atoms with van der Waals surface area (Å²) in [5.41, 5.74) is 5.02. The van der Waals surface area contributed by atoms with Crippen molar-refractivity contribution in [3.8, 4) is 17.0 Å². The van der Waals surface area contributed by atoms with E-state index in [2.05, 4.69) is 49.6 Å². The summed E-state index contributed by atoms with van der Waals surface area (Å²) in [6.45, 7) is 6.27. The summed E-state index contributed by atoms with van der Waals surface area (Å²) in [7, 11) is 0. The lowest BCUT2D eigenvalue weighted by Gasteiger charge is -2.32. The molecule has 0 unspecified atom stereocenters. The Labute approximate surface area is 117 Å². The number of aromatic nitrogens is 2. The van der Waals surface area contributed by atoms with E-state index in [0.717, 1.165) is 28.3 Å². The van der Waals surface area contributed by atoms with Crippen LogP contribution in [0.1, 0.15) is 25.1 Å². The van der Waals surface area contributed by atoms with Gasteiger partial charge in [0.1, 0.15) is 22.7 Å². The number of benzene rings is 1. The maximum Gasteiger partial charge on any atom is 0.146 e. The molecule has 0 spiro atoms. The number of nitrogens with zero attached hydrogens (tertiary/aromatic N) is 2. The van der Waals surface area contributed by atoms with Crippen molar-refractivity contribution in [3.63, 3.8) is 0 Å². The highest BCUT2D eigenvalue weighted by molar-refractivity contribution is 5.75. The normalized spacial score (nSPS) is 15.6. The monoisotopic (exact) mass is 264 g/mol. The number of ether oxygens (including phenoxy) is 1. The van der Waals surface area contributed by atoms with Gasteiger partial charge < -0.3 is 4.74 Å². The van der Waals surface area contributed by atoms with Gasteiger partial charge in [0.15, 0.2) is 0 Å². The molecule has 0 radical (unpaired) electrons. The molecule has 0 bridgehead atoms. The van der Waals surface area contributed by atoms with E-state index in [1.807, 2.05) is 18.2 Å². The minimum Gasteiger partial charge on any atom is -0.481 e. The number of fused-ring (bicyclic) bond motifs is 5. The van der Waals surface area contributed by atoms with Gasteiger partial charge in [0.25, 0.3) is 0 Å². The fraction of sp³-hybridized carbons (Fsp3) is 0.235. The molecule has 20 heavy (non-hydrogen) atoms. The molecule has 3 nitrogen and oxygen atoms in total. The third kappa shape index (κ3) is 1.43. The smallest absolute Gasteiger partial charge is 0.146 e. The van der Waals surface area contributed by atoms with Crippen LogP contribution in [0.4, 0.5) is 0 Å². The molecule has 2 aromatic heterocycles. The standard InChI is InChI=1S/C17H16N2O/c1-11-8-9-19-14(10-11)18-15-12-6-4-5-7-13(12)20-17(2,3)16(15)19/h4-10H,1-3H3. The molecule has 1 aliphatic heterocycles. The molecule has 0 fully saturated rings. The Balaban J connectivity index is 2.14. The van der Waals surface area contributed by atoms with Gasteiger partial charge in [-0.1, -0.05) is 12.1 Å². The minimum absolute atomic E-state index is 0.391. The van der Waals surface area contributed by atoms with E-state index in [9.17, 15) is 0 Å². The van der Waals surface area contributed by atoms with Crippen molar-refractivity contribution < 1.29 is 4.74 Å². The van der Waals surface area contributed by atoms with Crippen LogP contribution < -0.4 is 4.74 Å². The van der Waals surface area contributed by atoms with Crippen LogP contribution in [0.25, 0.3) is 16.9 Å². The maximum atomic E-state index is 6.18. The van der Waals surface area contributed by atoms with Gasteiger partial charge >= 0.3 is 0 Å². The number of hydrogen-bond acceptors (Lipinski definition) is 2. The molecule has 0 aliphatic carbocycles. The number of rotatable bonds is 0. The molecule has 1 aliphatic rings. The zero-order chi connectivity index (χ0) is 13.9. The lowest BCUT2D eigenvalue weighted by Crippen LogP contribution is -2.30. The SMILES string of the molecule is Cc1ccn2c3c(nc2c1)-c1ccccc1OC3(C)C. The van der Waals surface area contributed by atoms with Gasteiger partial charge in [0, 0.05) is 11.8 Å². The molecule has 0 atom stereocenters. The summed E-state index contributed by atoms with van der Waals surface area (Å²) in [5.74, 6) is 0.908. The van der Waals surface area contributed by atoms with Gasteiger partial charge in [-0.2, -0.15) is 0 Å². The summed E-state index contributed by atoms with van der Waals surface area (Å²) < 4.78 is 8.32. The average Bonchev–Trinajstić information content (AvgIpc) is 2.77. The molecule has 0 amide bonds. The van der Waals surface area contributed by atoms with Crippen LogP contribution in [0.5, 0.6) is 5.75 Å². The van der Waals surface area contributed by atoms with Crippen molar-refractivity contribution in [2.75, 3.05) is 0 Å². The Kier molecular flexibility index (Phi) is 2.09. The number of imidazole rings is 1. The van der Waals surface area contributed by atoms with Gasteiger partial charge in [0.2, 0.25) is 0 Å². The first kappa shape index (κ1) is 11.5. The van der Waals surface area contributed by atoms with E-state index >= 15 is 0 Å². The van der Waals surface area contributed by atoms with E-state index < -0.39 is 5.60 Å². The van der Waals surface area contributed by atoms with Crippen molar-refractivity contribution in [2.45, 2.75) is 26.4 Å². The predicted molar refractivity (Wildman–Crippen MR) is 79.0 cm³/mol. The number of para-hydroxylation sites is 1. The molecular weight excluding hydrogens is 248 g/mol. The molecule has 3 heterocycles. The highest BCUT2D eigenvalue weighted by Crippen LogP contribution is 2.44.